The number of anilines is 4. The number of pyridine rings is 1. The molecule has 10 aromatic carbocycles. The van der Waals surface area contributed by atoms with Crippen LogP contribution in [0.1, 0.15) is 59.5 Å². The Balaban J connectivity index is 0.881. The zero-order valence-electron chi connectivity index (χ0n) is 50.7. The average molecular weight is 1040 g/mol. The van der Waals surface area contributed by atoms with E-state index < -0.39 is 18.1 Å². The summed E-state index contributed by atoms with van der Waals surface area (Å²) in [5.74, 6) is 2.68. The molecule has 0 bridgehead atoms. The minimum Gasteiger partial charge on any atom is -0.457 e. The summed E-state index contributed by atoms with van der Waals surface area (Å²) in [6.07, 6.45) is 1.71. The third kappa shape index (κ3) is 9.43. The third-order valence-corrected chi connectivity index (χ3v) is 15.2. The molecule has 0 saturated carbocycles. The van der Waals surface area contributed by atoms with Gasteiger partial charge in [0.05, 0.1) is 34.9 Å². The first kappa shape index (κ1) is 44.3. The topological polar surface area (TPSA) is 42.8 Å². The molecule has 12 aromatic rings. The van der Waals surface area contributed by atoms with Gasteiger partial charge in [0.1, 0.15) is 35.5 Å². The van der Waals surface area contributed by atoms with Crippen LogP contribution in [0.4, 0.5) is 22.7 Å². The molecule has 3 heterocycles. The number of fused-ring (bicyclic) bond motifs is 4. The smallest absolute Gasteiger partial charge is 0.143 e. The van der Waals surface area contributed by atoms with Gasteiger partial charge in [-0.2, -0.15) is 0 Å². The Hall–Kier alpha value is -9.65. The van der Waals surface area contributed by atoms with Gasteiger partial charge in [-0.3, -0.25) is 4.57 Å². The van der Waals surface area contributed by atoms with Crippen molar-refractivity contribution in [3.63, 3.8) is 0 Å². The predicted molar refractivity (Wildman–Crippen MR) is 333 cm³/mol. The Labute approximate surface area is 476 Å². The van der Waals surface area contributed by atoms with E-state index in [-0.39, 0.29) is 28.5 Å². The maximum Gasteiger partial charge on any atom is 0.143 e. The number of hydrogen-bond acceptors (Lipinski definition) is 5. The largest absolute Gasteiger partial charge is 0.457 e. The number of hydrogen-bond donors (Lipinski definition) is 0. The quantitative estimate of drug-likeness (QED) is 0.129. The molecule has 80 heavy (non-hydrogen) atoms. The highest BCUT2D eigenvalue weighted by Crippen LogP contribution is 2.51. The van der Waals surface area contributed by atoms with Crippen LogP contribution in [0.3, 0.4) is 0 Å². The lowest BCUT2D eigenvalue weighted by molar-refractivity contribution is 0.483. The fraction of sp³-hybridized carbons (Fsp3) is 0.122. The molecule has 0 fully saturated rings. The second kappa shape index (κ2) is 20.3. The first-order valence-electron chi connectivity index (χ1n) is 29.7. The van der Waals surface area contributed by atoms with Gasteiger partial charge in [0, 0.05) is 63.1 Å². The first-order chi connectivity index (χ1) is 41.0. The fourth-order valence-corrected chi connectivity index (χ4v) is 11.1. The molecule has 0 aliphatic carbocycles. The van der Waals surface area contributed by atoms with E-state index >= 15 is 0 Å². The lowest BCUT2D eigenvalue weighted by Crippen LogP contribution is -2.24. The third-order valence-electron chi connectivity index (χ3n) is 15.2. The summed E-state index contributed by atoms with van der Waals surface area (Å²) in [5, 5.41) is 2.04. The highest BCUT2D eigenvalue weighted by Gasteiger charge is 2.32. The number of nitrogens with zero attached hydrogens (tertiary/aromatic N) is 4. The van der Waals surface area contributed by atoms with Gasteiger partial charge in [0.2, 0.25) is 0 Å². The standard InChI is InChI=1S/C74H62N4O2/c1-73(2,3)54-43-53(44-55(45-54)74(4,5)6)63-35-22-34-62(52-27-14-9-15-28-52)72(63)80-59-41-42-75-70(48-59)78-66-36-17-16-31-64(66)65-40-39-58(47-69(65)78)79-57-30-20-29-56(46-57)76-49-77(68-38-19-18-37-67(68)76)71-60(50-23-10-7-11-24-50)32-21-33-61(71)51-25-12-8-13-26-51/h7-48H,49H2,1-6H3/i9D,14D,15D,27D,28D. The summed E-state index contributed by atoms with van der Waals surface area (Å²) in [7, 11) is 0. The molecule has 1 aliphatic heterocycles. The molecule has 0 unspecified atom stereocenters. The first-order valence-corrected chi connectivity index (χ1v) is 27.2. The monoisotopic (exact) mass is 1040 g/mol. The second-order valence-electron chi connectivity index (χ2n) is 22.5. The highest BCUT2D eigenvalue weighted by molar-refractivity contribution is 6.09. The van der Waals surface area contributed by atoms with E-state index in [1.807, 2.05) is 48.5 Å². The summed E-state index contributed by atoms with van der Waals surface area (Å²) in [6.45, 7) is 13.7. The lowest BCUT2D eigenvalue weighted by atomic mass is 9.78. The van der Waals surface area contributed by atoms with Crippen LogP contribution in [0, 0.1) is 0 Å². The van der Waals surface area contributed by atoms with Gasteiger partial charge in [-0.15, -0.1) is 0 Å². The van der Waals surface area contributed by atoms with Crippen molar-refractivity contribution in [1.82, 2.24) is 9.55 Å². The van der Waals surface area contributed by atoms with Crippen LogP contribution in [-0.4, -0.2) is 16.2 Å². The lowest BCUT2D eigenvalue weighted by Gasteiger charge is -2.27. The Morgan fingerprint density at radius 1 is 0.425 bits per heavy atom. The van der Waals surface area contributed by atoms with Crippen LogP contribution in [0.5, 0.6) is 23.0 Å². The molecule has 1 aliphatic rings. The van der Waals surface area contributed by atoms with Crippen molar-refractivity contribution >= 4 is 44.6 Å². The summed E-state index contributed by atoms with van der Waals surface area (Å²) in [6, 6.07) is 73.0. The van der Waals surface area contributed by atoms with Gasteiger partial charge in [0.25, 0.3) is 0 Å². The van der Waals surface area contributed by atoms with E-state index in [0.717, 1.165) is 83.5 Å². The Kier molecular flexibility index (Phi) is 11.2. The van der Waals surface area contributed by atoms with E-state index in [9.17, 15) is 0 Å². The van der Waals surface area contributed by atoms with E-state index in [2.05, 4.69) is 214 Å². The molecule has 0 saturated heterocycles. The molecule has 0 spiro atoms. The summed E-state index contributed by atoms with van der Waals surface area (Å²) < 4.78 is 60.2. The van der Waals surface area contributed by atoms with E-state index in [4.69, 9.17) is 21.3 Å². The molecule has 6 heteroatoms. The Morgan fingerprint density at radius 2 is 0.988 bits per heavy atom. The minimum atomic E-state index is -0.461. The number of benzene rings is 10. The number of rotatable bonds is 11. The van der Waals surface area contributed by atoms with E-state index in [1.165, 1.54) is 0 Å². The molecular formula is C74H62N4O2. The van der Waals surface area contributed by atoms with Crippen molar-refractivity contribution in [3.8, 4) is 73.3 Å². The van der Waals surface area contributed by atoms with Gasteiger partial charge in [-0.25, -0.2) is 4.98 Å². The van der Waals surface area contributed by atoms with Crippen molar-refractivity contribution in [2.24, 2.45) is 0 Å². The molecule has 13 rings (SSSR count). The molecule has 6 nitrogen and oxygen atoms in total. The van der Waals surface area contributed by atoms with Gasteiger partial charge >= 0.3 is 0 Å². The van der Waals surface area contributed by atoms with Crippen LogP contribution in [-0.2, 0) is 10.8 Å². The summed E-state index contributed by atoms with van der Waals surface area (Å²) in [4.78, 5) is 9.76. The Morgan fingerprint density at radius 3 is 1.66 bits per heavy atom. The molecular weight excluding hydrogens is 977 g/mol. The molecule has 0 amide bonds. The van der Waals surface area contributed by atoms with E-state index in [1.54, 1.807) is 18.3 Å². The zero-order chi connectivity index (χ0) is 58.9. The van der Waals surface area contributed by atoms with E-state index in [0.29, 0.717) is 46.6 Å². The number of para-hydroxylation sites is 5. The van der Waals surface area contributed by atoms with Crippen LogP contribution < -0.4 is 19.3 Å². The molecule has 0 radical (unpaired) electrons. The Bertz CT molecular complexity index is 4450. The van der Waals surface area contributed by atoms with Crippen LogP contribution in [0.2, 0.25) is 0 Å². The molecule has 390 valence electrons. The van der Waals surface area contributed by atoms with Gasteiger partial charge in [0.15, 0.2) is 0 Å². The van der Waals surface area contributed by atoms with Crippen molar-refractivity contribution in [2.75, 3.05) is 16.5 Å². The van der Waals surface area contributed by atoms with Crippen LogP contribution >= 0.6 is 0 Å². The number of ether oxygens (including phenoxy) is 2. The average Bonchev–Trinajstić information content (AvgIpc) is 2.07. The van der Waals surface area contributed by atoms with Crippen LogP contribution in [0.15, 0.2) is 255 Å². The SMILES string of the molecule is [2H]c1c([2H])c([2H])c(-c2cccc(-c3cc(C(C)(C)C)cc(C(C)(C)C)c3)c2Oc2ccnc(-n3c4ccccc4c4ccc(Oc5cccc(N6CN(c7c(-c8ccccc8)cccc7-c7ccccc7)c7ccccc76)c5)cc43)c2)c([2H])c1[2H]. The molecule has 0 N–H and O–H groups in total. The minimum absolute atomic E-state index is 0.0508. The molecule has 2 aromatic heterocycles. The summed E-state index contributed by atoms with van der Waals surface area (Å²) >= 11 is 0. The van der Waals surface area contributed by atoms with Crippen molar-refractivity contribution in [3.05, 3.63) is 266 Å². The van der Waals surface area contributed by atoms with Gasteiger partial charge in [-0.05, 0) is 92.7 Å². The second-order valence-corrected chi connectivity index (χ2v) is 22.5. The van der Waals surface area contributed by atoms with Crippen molar-refractivity contribution < 1.29 is 16.3 Å². The highest BCUT2D eigenvalue weighted by atomic mass is 16.5. The van der Waals surface area contributed by atoms with Gasteiger partial charge < -0.3 is 19.3 Å². The van der Waals surface area contributed by atoms with Crippen LogP contribution in [0.25, 0.3) is 72.1 Å². The van der Waals surface area contributed by atoms with Crippen molar-refractivity contribution in [1.29, 1.82) is 0 Å². The van der Waals surface area contributed by atoms with Crippen molar-refractivity contribution in [2.45, 2.75) is 52.4 Å². The zero-order valence-corrected chi connectivity index (χ0v) is 45.7. The summed E-state index contributed by atoms with van der Waals surface area (Å²) in [5.41, 5.74) is 14.6. The fourth-order valence-electron chi connectivity index (χ4n) is 11.1. The predicted octanol–water partition coefficient (Wildman–Crippen LogP) is 20.3. The molecule has 0 atom stereocenters. The van der Waals surface area contributed by atoms with Gasteiger partial charge in [-0.1, -0.05) is 223 Å². The maximum atomic E-state index is 9.15. The normalized spacial score (nSPS) is 13.4. The number of aromatic nitrogens is 2. The maximum absolute atomic E-state index is 9.15.